The molecule has 0 radical (unpaired) electrons. The van der Waals surface area contributed by atoms with E-state index in [0.29, 0.717) is 41.7 Å². The van der Waals surface area contributed by atoms with Crippen LogP contribution in [-0.4, -0.2) is 33.4 Å². The van der Waals surface area contributed by atoms with Crippen LogP contribution in [0.3, 0.4) is 0 Å². The molecule has 35 heavy (non-hydrogen) atoms. The maximum absolute atomic E-state index is 12.8. The van der Waals surface area contributed by atoms with Gasteiger partial charge in [-0.3, -0.25) is 9.78 Å². The van der Waals surface area contributed by atoms with E-state index >= 15 is 0 Å². The summed E-state index contributed by atoms with van der Waals surface area (Å²) >= 11 is 0. The molecular formula is C26H25N7O2. The SMILES string of the molecule is CCNc1nc(-c2ccc(NC(=O)NCc3cccnc3)cc2)ccc1C(=O)Nc1ccccn1. The van der Waals surface area contributed by atoms with Crippen molar-refractivity contribution in [2.45, 2.75) is 13.5 Å². The molecule has 0 spiro atoms. The number of nitrogens with zero attached hydrogens (tertiary/aromatic N) is 3. The van der Waals surface area contributed by atoms with Gasteiger partial charge in [-0.2, -0.15) is 0 Å². The fourth-order valence-corrected chi connectivity index (χ4v) is 3.31. The molecule has 1 aromatic carbocycles. The van der Waals surface area contributed by atoms with Gasteiger partial charge >= 0.3 is 6.03 Å². The van der Waals surface area contributed by atoms with Gasteiger partial charge in [-0.25, -0.2) is 14.8 Å². The average molecular weight is 468 g/mol. The lowest BCUT2D eigenvalue weighted by Gasteiger charge is -2.12. The van der Waals surface area contributed by atoms with E-state index in [2.05, 4.69) is 36.2 Å². The number of aromatic nitrogens is 3. The zero-order valence-electron chi connectivity index (χ0n) is 19.2. The first-order valence-corrected chi connectivity index (χ1v) is 11.1. The van der Waals surface area contributed by atoms with Crippen LogP contribution in [0.15, 0.2) is 85.3 Å². The van der Waals surface area contributed by atoms with Gasteiger partial charge in [0.2, 0.25) is 0 Å². The van der Waals surface area contributed by atoms with Crippen LogP contribution >= 0.6 is 0 Å². The molecule has 0 atom stereocenters. The van der Waals surface area contributed by atoms with Gasteiger partial charge in [0.05, 0.1) is 11.3 Å². The molecule has 3 aromatic heterocycles. The maximum Gasteiger partial charge on any atom is 0.319 e. The molecular weight excluding hydrogens is 442 g/mol. The van der Waals surface area contributed by atoms with Gasteiger partial charge < -0.3 is 21.3 Å². The Morgan fingerprint density at radius 1 is 0.886 bits per heavy atom. The predicted molar refractivity (Wildman–Crippen MR) is 136 cm³/mol. The average Bonchev–Trinajstić information content (AvgIpc) is 2.89. The van der Waals surface area contributed by atoms with Crippen LogP contribution in [-0.2, 0) is 6.54 Å². The highest BCUT2D eigenvalue weighted by atomic mass is 16.2. The van der Waals surface area contributed by atoms with Gasteiger partial charge in [0, 0.05) is 42.9 Å². The standard InChI is InChI=1S/C26H25N7O2/c1-2-28-24-21(25(34)33-23-7-3-4-15-29-23)12-13-22(32-24)19-8-10-20(11-9-19)31-26(35)30-17-18-6-5-14-27-16-18/h3-16H,2,17H2,1H3,(H,28,32)(H,29,33,34)(H2,30,31,35). The summed E-state index contributed by atoms with van der Waals surface area (Å²) in [5, 5.41) is 11.5. The van der Waals surface area contributed by atoms with Crippen LogP contribution in [0.2, 0.25) is 0 Å². The topological polar surface area (TPSA) is 121 Å². The molecule has 0 fully saturated rings. The van der Waals surface area contributed by atoms with E-state index in [1.54, 1.807) is 61.1 Å². The van der Waals surface area contributed by atoms with Crippen molar-refractivity contribution in [1.29, 1.82) is 0 Å². The third kappa shape index (κ3) is 6.38. The molecule has 9 heteroatoms. The number of nitrogens with one attached hydrogen (secondary N) is 4. The molecule has 4 aromatic rings. The summed E-state index contributed by atoms with van der Waals surface area (Å²) in [4.78, 5) is 37.8. The first-order valence-electron chi connectivity index (χ1n) is 11.1. The second-order valence-electron chi connectivity index (χ2n) is 7.54. The number of urea groups is 1. The Bertz CT molecular complexity index is 1280. The van der Waals surface area contributed by atoms with E-state index in [1.807, 2.05) is 31.2 Å². The quantitative estimate of drug-likeness (QED) is 0.302. The van der Waals surface area contributed by atoms with Crippen molar-refractivity contribution in [3.8, 4) is 11.3 Å². The summed E-state index contributed by atoms with van der Waals surface area (Å²) in [6.45, 7) is 2.93. The lowest BCUT2D eigenvalue weighted by atomic mass is 10.1. The molecule has 176 valence electrons. The molecule has 0 saturated carbocycles. The highest BCUT2D eigenvalue weighted by Crippen LogP contribution is 2.24. The van der Waals surface area contributed by atoms with Gasteiger partial charge in [0.15, 0.2) is 0 Å². The molecule has 0 aliphatic rings. The molecule has 9 nitrogen and oxygen atoms in total. The highest BCUT2D eigenvalue weighted by molar-refractivity contribution is 6.07. The van der Waals surface area contributed by atoms with Crippen molar-refractivity contribution in [2.24, 2.45) is 0 Å². The fraction of sp³-hybridized carbons (Fsp3) is 0.115. The molecule has 0 aliphatic carbocycles. The Hall–Kier alpha value is -4.79. The Morgan fingerprint density at radius 2 is 1.74 bits per heavy atom. The molecule has 4 N–H and O–H groups in total. The van der Waals surface area contributed by atoms with Crippen molar-refractivity contribution in [2.75, 3.05) is 22.5 Å². The van der Waals surface area contributed by atoms with E-state index in [0.717, 1.165) is 11.1 Å². The summed E-state index contributed by atoms with van der Waals surface area (Å²) in [5.74, 6) is 0.655. The van der Waals surface area contributed by atoms with Crippen LogP contribution in [0.25, 0.3) is 11.3 Å². The van der Waals surface area contributed by atoms with Crippen molar-refractivity contribution in [3.63, 3.8) is 0 Å². The van der Waals surface area contributed by atoms with Crippen LogP contribution in [0, 0.1) is 0 Å². The van der Waals surface area contributed by atoms with Gasteiger partial charge in [-0.15, -0.1) is 0 Å². The summed E-state index contributed by atoms with van der Waals surface area (Å²) in [6, 6.07) is 19.6. The number of pyridine rings is 3. The van der Waals surface area contributed by atoms with Crippen molar-refractivity contribution >= 4 is 29.3 Å². The Labute approximate surface area is 203 Å². The number of anilines is 3. The zero-order valence-corrected chi connectivity index (χ0v) is 19.2. The molecule has 0 unspecified atom stereocenters. The smallest absolute Gasteiger partial charge is 0.319 e. The third-order valence-corrected chi connectivity index (χ3v) is 5.00. The second-order valence-corrected chi connectivity index (χ2v) is 7.54. The number of rotatable bonds is 8. The van der Waals surface area contributed by atoms with E-state index in [-0.39, 0.29) is 11.9 Å². The van der Waals surface area contributed by atoms with Crippen molar-refractivity contribution in [1.82, 2.24) is 20.3 Å². The Morgan fingerprint density at radius 3 is 2.46 bits per heavy atom. The van der Waals surface area contributed by atoms with Gasteiger partial charge in [-0.05, 0) is 55.0 Å². The molecule has 3 heterocycles. The molecule has 0 aliphatic heterocycles. The van der Waals surface area contributed by atoms with Crippen LogP contribution in [0.4, 0.5) is 22.1 Å². The van der Waals surface area contributed by atoms with Crippen LogP contribution in [0.1, 0.15) is 22.8 Å². The third-order valence-electron chi connectivity index (χ3n) is 5.00. The molecule has 3 amide bonds. The van der Waals surface area contributed by atoms with Crippen LogP contribution in [0.5, 0.6) is 0 Å². The van der Waals surface area contributed by atoms with E-state index in [9.17, 15) is 9.59 Å². The van der Waals surface area contributed by atoms with E-state index in [4.69, 9.17) is 0 Å². The fourth-order valence-electron chi connectivity index (χ4n) is 3.31. The summed E-state index contributed by atoms with van der Waals surface area (Å²) in [5.41, 5.74) is 3.53. The lowest BCUT2D eigenvalue weighted by molar-refractivity contribution is 0.102. The minimum atomic E-state index is -0.308. The van der Waals surface area contributed by atoms with E-state index < -0.39 is 0 Å². The highest BCUT2D eigenvalue weighted by Gasteiger charge is 2.15. The van der Waals surface area contributed by atoms with Gasteiger partial charge in [0.1, 0.15) is 11.6 Å². The summed E-state index contributed by atoms with van der Waals surface area (Å²) < 4.78 is 0. The number of carbonyl (C=O) groups is 2. The normalized spacial score (nSPS) is 10.3. The summed E-state index contributed by atoms with van der Waals surface area (Å²) in [6.07, 6.45) is 5.01. The first-order chi connectivity index (χ1) is 17.1. The number of amides is 3. The lowest BCUT2D eigenvalue weighted by Crippen LogP contribution is -2.28. The summed E-state index contributed by atoms with van der Waals surface area (Å²) in [7, 11) is 0. The first kappa shape index (κ1) is 23.4. The predicted octanol–water partition coefficient (Wildman–Crippen LogP) is 4.54. The Balaban J connectivity index is 1.43. The minimum absolute atomic E-state index is 0.296. The molecule has 4 rings (SSSR count). The monoisotopic (exact) mass is 467 g/mol. The largest absolute Gasteiger partial charge is 0.370 e. The Kier molecular flexibility index (Phi) is 7.59. The van der Waals surface area contributed by atoms with Crippen molar-refractivity contribution < 1.29 is 9.59 Å². The van der Waals surface area contributed by atoms with Gasteiger partial charge in [0.25, 0.3) is 5.91 Å². The zero-order chi connectivity index (χ0) is 24.5. The van der Waals surface area contributed by atoms with E-state index in [1.165, 1.54) is 0 Å². The van der Waals surface area contributed by atoms with Gasteiger partial charge in [-0.1, -0.05) is 24.3 Å². The number of benzene rings is 1. The minimum Gasteiger partial charge on any atom is -0.370 e. The molecule has 0 saturated heterocycles. The molecule has 0 bridgehead atoms. The second kappa shape index (κ2) is 11.4. The maximum atomic E-state index is 12.8. The number of carbonyl (C=O) groups excluding carboxylic acids is 2. The van der Waals surface area contributed by atoms with Crippen molar-refractivity contribution in [3.05, 3.63) is 96.4 Å². The van der Waals surface area contributed by atoms with Crippen LogP contribution < -0.4 is 21.3 Å². The number of hydrogen-bond donors (Lipinski definition) is 4. The number of hydrogen-bond acceptors (Lipinski definition) is 6.